The van der Waals surface area contributed by atoms with Crippen LogP contribution in [0, 0.1) is 0 Å². The lowest BCUT2D eigenvalue weighted by atomic mass is 10.2. The van der Waals surface area contributed by atoms with Crippen LogP contribution >= 0.6 is 0 Å². The Morgan fingerprint density at radius 3 is 2.67 bits per heavy atom. The van der Waals surface area contributed by atoms with Crippen LogP contribution in [0.4, 0.5) is 0 Å². The Hall–Kier alpha value is -1.68. The molecule has 4 nitrogen and oxygen atoms in total. The van der Waals surface area contributed by atoms with Crippen molar-refractivity contribution >= 4 is 0 Å². The number of nitrogens with one attached hydrogen (secondary N) is 1. The lowest BCUT2D eigenvalue weighted by molar-refractivity contribution is 0.536. The van der Waals surface area contributed by atoms with E-state index < -0.39 is 0 Å². The Bertz CT molecular complexity index is 490. The summed E-state index contributed by atoms with van der Waals surface area (Å²) >= 11 is 0. The molecule has 0 aliphatic heterocycles. The van der Waals surface area contributed by atoms with Gasteiger partial charge in [0.1, 0.15) is 5.82 Å². The highest BCUT2D eigenvalue weighted by Gasteiger charge is 2.11. The van der Waals surface area contributed by atoms with Gasteiger partial charge in [0, 0.05) is 25.1 Å². The second-order valence-corrected chi connectivity index (χ2v) is 4.50. The van der Waals surface area contributed by atoms with E-state index in [9.17, 15) is 0 Å². The van der Waals surface area contributed by atoms with E-state index in [4.69, 9.17) is 0 Å². The van der Waals surface area contributed by atoms with Gasteiger partial charge in [-0.15, -0.1) is 0 Å². The van der Waals surface area contributed by atoms with Crippen molar-refractivity contribution in [3.63, 3.8) is 0 Å². The maximum atomic E-state index is 4.61. The molecule has 1 unspecified atom stereocenters. The number of benzene rings is 1. The van der Waals surface area contributed by atoms with Gasteiger partial charge in [-0.3, -0.25) is 4.68 Å². The molecule has 0 aliphatic carbocycles. The molecular formula is C14H20N4. The number of hydrogen-bond donors (Lipinski definition) is 1. The maximum absolute atomic E-state index is 4.61. The van der Waals surface area contributed by atoms with Crippen LogP contribution in [0.15, 0.2) is 30.3 Å². The molecule has 1 aromatic carbocycles. The van der Waals surface area contributed by atoms with Crippen molar-refractivity contribution in [3.05, 3.63) is 36.2 Å². The third-order valence-electron chi connectivity index (χ3n) is 2.93. The highest BCUT2D eigenvalue weighted by molar-refractivity contribution is 5.53. The molecule has 0 amide bonds. The Morgan fingerprint density at radius 2 is 2.00 bits per heavy atom. The quantitative estimate of drug-likeness (QED) is 0.875. The summed E-state index contributed by atoms with van der Waals surface area (Å²) in [5.41, 5.74) is 1.07. The summed E-state index contributed by atoms with van der Waals surface area (Å²) < 4.78 is 1.87. The van der Waals surface area contributed by atoms with Crippen LogP contribution in [-0.2, 0) is 13.5 Å². The van der Waals surface area contributed by atoms with Gasteiger partial charge in [0.25, 0.3) is 0 Å². The van der Waals surface area contributed by atoms with Crippen molar-refractivity contribution in [2.45, 2.75) is 26.3 Å². The van der Waals surface area contributed by atoms with E-state index in [1.54, 1.807) is 0 Å². The van der Waals surface area contributed by atoms with Crippen LogP contribution in [-0.4, -0.2) is 27.4 Å². The number of hydrogen-bond acceptors (Lipinski definition) is 3. The predicted octanol–water partition coefficient (Wildman–Crippen LogP) is 2.02. The van der Waals surface area contributed by atoms with E-state index in [0.717, 1.165) is 30.2 Å². The summed E-state index contributed by atoms with van der Waals surface area (Å²) in [6, 6.07) is 10.5. The van der Waals surface area contributed by atoms with E-state index in [0.29, 0.717) is 6.04 Å². The minimum absolute atomic E-state index is 0.418. The van der Waals surface area contributed by atoms with E-state index in [-0.39, 0.29) is 0 Å². The molecule has 0 saturated heterocycles. The molecule has 96 valence electrons. The minimum Gasteiger partial charge on any atom is -0.314 e. The zero-order chi connectivity index (χ0) is 13.0. The fraction of sp³-hybridized carbons (Fsp3) is 0.429. The van der Waals surface area contributed by atoms with Gasteiger partial charge in [-0.05, 0) is 13.5 Å². The Labute approximate surface area is 108 Å². The van der Waals surface area contributed by atoms with Crippen molar-refractivity contribution in [2.24, 2.45) is 7.05 Å². The topological polar surface area (TPSA) is 42.7 Å². The number of aromatic nitrogens is 3. The Balaban J connectivity index is 2.17. The summed E-state index contributed by atoms with van der Waals surface area (Å²) in [5.74, 6) is 1.82. The number of aryl methyl sites for hydroxylation is 1. The van der Waals surface area contributed by atoms with Crippen LogP contribution in [0.2, 0.25) is 0 Å². The van der Waals surface area contributed by atoms with Gasteiger partial charge in [-0.2, -0.15) is 5.10 Å². The van der Waals surface area contributed by atoms with Gasteiger partial charge in [0.2, 0.25) is 0 Å². The van der Waals surface area contributed by atoms with Crippen LogP contribution in [0.1, 0.15) is 19.7 Å². The zero-order valence-electron chi connectivity index (χ0n) is 11.2. The van der Waals surface area contributed by atoms with Crippen LogP contribution in [0.25, 0.3) is 11.4 Å². The fourth-order valence-corrected chi connectivity index (χ4v) is 2.00. The molecule has 0 saturated carbocycles. The lowest BCUT2D eigenvalue weighted by Crippen LogP contribution is -2.28. The second kappa shape index (κ2) is 5.78. The van der Waals surface area contributed by atoms with Crippen molar-refractivity contribution in [3.8, 4) is 11.4 Å². The molecule has 18 heavy (non-hydrogen) atoms. The summed E-state index contributed by atoms with van der Waals surface area (Å²) in [7, 11) is 1.95. The van der Waals surface area contributed by atoms with Gasteiger partial charge >= 0.3 is 0 Å². The smallest absolute Gasteiger partial charge is 0.181 e. The predicted molar refractivity (Wildman–Crippen MR) is 73.3 cm³/mol. The Morgan fingerprint density at radius 1 is 1.28 bits per heavy atom. The lowest BCUT2D eigenvalue weighted by Gasteiger charge is -2.10. The number of likely N-dealkylation sites (N-methyl/N-ethyl adjacent to an activating group) is 1. The summed E-state index contributed by atoms with van der Waals surface area (Å²) in [5, 5.41) is 7.86. The molecule has 0 radical (unpaired) electrons. The average Bonchev–Trinajstić information content (AvgIpc) is 2.72. The molecule has 1 atom stereocenters. The van der Waals surface area contributed by atoms with Crippen molar-refractivity contribution in [1.82, 2.24) is 20.1 Å². The molecule has 2 rings (SSSR count). The average molecular weight is 244 g/mol. The highest BCUT2D eigenvalue weighted by Crippen LogP contribution is 2.15. The van der Waals surface area contributed by atoms with Gasteiger partial charge in [0.05, 0.1) is 0 Å². The molecule has 0 fully saturated rings. The van der Waals surface area contributed by atoms with Crippen LogP contribution in [0.3, 0.4) is 0 Å². The third kappa shape index (κ3) is 2.96. The number of nitrogens with zero attached hydrogens (tertiary/aromatic N) is 3. The van der Waals surface area contributed by atoms with Crippen molar-refractivity contribution in [1.29, 1.82) is 0 Å². The van der Waals surface area contributed by atoms with Crippen molar-refractivity contribution < 1.29 is 0 Å². The van der Waals surface area contributed by atoms with Crippen LogP contribution < -0.4 is 5.32 Å². The molecule has 2 aromatic rings. The zero-order valence-corrected chi connectivity index (χ0v) is 11.2. The summed E-state index contributed by atoms with van der Waals surface area (Å²) in [6.07, 6.45) is 0.893. The Kier molecular flexibility index (Phi) is 4.10. The van der Waals surface area contributed by atoms with E-state index >= 15 is 0 Å². The number of rotatable bonds is 5. The first-order chi connectivity index (χ1) is 8.70. The maximum Gasteiger partial charge on any atom is 0.181 e. The standard InChI is InChI=1S/C14H20N4/c1-4-15-11(2)10-13-16-14(17-18(13)3)12-8-6-5-7-9-12/h5-9,11,15H,4,10H2,1-3H3. The van der Waals surface area contributed by atoms with Crippen molar-refractivity contribution in [2.75, 3.05) is 6.54 Å². The SMILES string of the molecule is CCNC(C)Cc1nc(-c2ccccc2)nn1C. The van der Waals surface area contributed by atoms with Crippen LogP contribution in [0.5, 0.6) is 0 Å². The molecule has 1 N–H and O–H groups in total. The molecule has 0 bridgehead atoms. The van der Waals surface area contributed by atoms with Gasteiger partial charge in [-0.25, -0.2) is 4.98 Å². The summed E-state index contributed by atoms with van der Waals surface area (Å²) in [6.45, 7) is 5.26. The largest absolute Gasteiger partial charge is 0.314 e. The first-order valence-electron chi connectivity index (χ1n) is 6.39. The first-order valence-corrected chi connectivity index (χ1v) is 6.39. The molecule has 0 aliphatic rings. The molecule has 1 aromatic heterocycles. The van der Waals surface area contributed by atoms with Gasteiger partial charge in [0.15, 0.2) is 5.82 Å². The van der Waals surface area contributed by atoms with E-state index in [1.165, 1.54) is 0 Å². The monoisotopic (exact) mass is 244 g/mol. The molecule has 1 heterocycles. The van der Waals surface area contributed by atoms with E-state index in [2.05, 4.69) is 29.2 Å². The first kappa shape index (κ1) is 12.8. The minimum atomic E-state index is 0.418. The molecule has 4 heteroatoms. The third-order valence-corrected chi connectivity index (χ3v) is 2.93. The normalized spacial score (nSPS) is 12.6. The second-order valence-electron chi connectivity index (χ2n) is 4.50. The summed E-state index contributed by atoms with van der Waals surface area (Å²) in [4.78, 5) is 4.61. The van der Waals surface area contributed by atoms with Gasteiger partial charge in [-0.1, -0.05) is 37.3 Å². The fourth-order valence-electron chi connectivity index (χ4n) is 2.00. The van der Waals surface area contributed by atoms with Gasteiger partial charge < -0.3 is 5.32 Å². The molecule has 0 spiro atoms. The highest BCUT2D eigenvalue weighted by atomic mass is 15.3. The van der Waals surface area contributed by atoms with E-state index in [1.807, 2.05) is 42.1 Å². The molecular weight excluding hydrogens is 224 g/mol.